The first-order valence-corrected chi connectivity index (χ1v) is 2.94. The molecule has 0 unspecified atom stereocenters. The van der Waals surface area contributed by atoms with Gasteiger partial charge in [-0.2, -0.15) is 0 Å². The van der Waals surface area contributed by atoms with Crippen molar-refractivity contribution in [3.63, 3.8) is 0 Å². The molecule has 6 heavy (non-hydrogen) atoms. The van der Waals surface area contributed by atoms with Crippen LogP contribution in [0.15, 0.2) is 0 Å². The van der Waals surface area contributed by atoms with Crippen molar-refractivity contribution >= 4 is 23.2 Å². The molecule has 0 heterocycles. The molecule has 1 saturated carbocycles. The van der Waals surface area contributed by atoms with Crippen LogP contribution in [-0.2, 0) is 0 Å². The third kappa shape index (κ3) is 0.797. The second kappa shape index (κ2) is 1.59. The number of alkyl halides is 2. The minimum atomic E-state index is 0.382. The fourth-order valence-electron chi connectivity index (χ4n) is 0.486. The quantitative estimate of drug-likeness (QED) is 0.434. The lowest BCUT2D eigenvalue weighted by molar-refractivity contribution is 0.524. The first kappa shape index (κ1) is 4.73. The van der Waals surface area contributed by atoms with Crippen LogP contribution in [0, 0.1) is 0 Å². The molecule has 0 saturated heterocycles. The standard InChI is InChI=1S/C4H6Cl2/c5-3-1-4(6)2-3/h3-4H,1-2H2/t3-,4+. The molecular weight excluding hydrogens is 119 g/mol. The molecule has 0 aliphatic heterocycles. The fourth-order valence-corrected chi connectivity index (χ4v) is 1.53. The van der Waals surface area contributed by atoms with Gasteiger partial charge in [0.2, 0.25) is 0 Å². The lowest BCUT2D eigenvalue weighted by Gasteiger charge is -2.24. The van der Waals surface area contributed by atoms with Crippen molar-refractivity contribution in [1.82, 2.24) is 0 Å². The van der Waals surface area contributed by atoms with Crippen LogP contribution < -0.4 is 0 Å². The monoisotopic (exact) mass is 124 g/mol. The number of rotatable bonds is 0. The molecule has 0 amide bonds. The van der Waals surface area contributed by atoms with Gasteiger partial charge < -0.3 is 0 Å². The number of hydrogen-bond acceptors (Lipinski definition) is 0. The van der Waals surface area contributed by atoms with Gasteiger partial charge >= 0.3 is 0 Å². The molecule has 0 atom stereocenters. The van der Waals surface area contributed by atoms with Gasteiger partial charge in [0.1, 0.15) is 0 Å². The molecule has 1 aliphatic rings. The van der Waals surface area contributed by atoms with Crippen LogP contribution in [0.25, 0.3) is 0 Å². The summed E-state index contributed by atoms with van der Waals surface area (Å²) in [6, 6.07) is 0. The lowest BCUT2D eigenvalue weighted by atomic mass is 9.99. The summed E-state index contributed by atoms with van der Waals surface area (Å²) in [5, 5.41) is 0.764. The largest absolute Gasteiger partial charge is 0.123 e. The lowest BCUT2D eigenvalue weighted by Crippen LogP contribution is -2.23. The van der Waals surface area contributed by atoms with Gasteiger partial charge in [0, 0.05) is 10.8 Å². The van der Waals surface area contributed by atoms with Crippen molar-refractivity contribution < 1.29 is 0 Å². The van der Waals surface area contributed by atoms with E-state index in [1.54, 1.807) is 0 Å². The van der Waals surface area contributed by atoms with Crippen molar-refractivity contribution in [2.24, 2.45) is 0 Å². The van der Waals surface area contributed by atoms with Gasteiger partial charge in [0.25, 0.3) is 0 Å². The minimum Gasteiger partial charge on any atom is -0.123 e. The van der Waals surface area contributed by atoms with Crippen LogP contribution in [0.3, 0.4) is 0 Å². The molecule has 36 valence electrons. The zero-order chi connectivity index (χ0) is 4.57. The van der Waals surface area contributed by atoms with Gasteiger partial charge in [-0.15, -0.1) is 23.2 Å². The van der Waals surface area contributed by atoms with Crippen LogP contribution in [-0.4, -0.2) is 10.8 Å². The van der Waals surface area contributed by atoms with E-state index < -0.39 is 0 Å². The SMILES string of the molecule is Cl[C@H]1C[C@@H](Cl)C1. The molecule has 0 aromatic carbocycles. The van der Waals surface area contributed by atoms with E-state index in [0.717, 1.165) is 12.8 Å². The molecular formula is C4H6Cl2. The highest BCUT2D eigenvalue weighted by Gasteiger charge is 2.24. The first-order valence-electron chi connectivity index (χ1n) is 2.07. The highest BCUT2D eigenvalue weighted by molar-refractivity contribution is 6.26. The summed E-state index contributed by atoms with van der Waals surface area (Å²) in [5.41, 5.74) is 0. The maximum Gasteiger partial charge on any atom is 0.0364 e. The zero-order valence-corrected chi connectivity index (χ0v) is 4.84. The van der Waals surface area contributed by atoms with E-state index in [2.05, 4.69) is 0 Å². The molecule has 1 rings (SSSR count). The van der Waals surface area contributed by atoms with Gasteiger partial charge in [0.15, 0.2) is 0 Å². The van der Waals surface area contributed by atoms with Crippen molar-refractivity contribution in [3.8, 4) is 0 Å². The average molecular weight is 125 g/mol. The van der Waals surface area contributed by atoms with Gasteiger partial charge in [-0.3, -0.25) is 0 Å². The van der Waals surface area contributed by atoms with Crippen molar-refractivity contribution in [3.05, 3.63) is 0 Å². The van der Waals surface area contributed by atoms with E-state index in [4.69, 9.17) is 23.2 Å². The first-order chi connectivity index (χ1) is 2.79. The molecule has 0 nitrogen and oxygen atoms in total. The maximum atomic E-state index is 5.56. The summed E-state index contributed by atoms with van der Waals surface area (Å²) in [6.07, 6.45) is 2.01. The summed E-state index contributed by atoms with van der Waals surface area (Å²) in [4.78, 5) is 0. The Morgan fingerprint density at radius 1 is 1.00 bits per heavy atom. The topological polar surface area (TPSA) is 0 Å². The smallest absolute Gasteiger partial charge is 0.0364 e. The van der Waals surface area contributed by atoms with Crippen molar-refractivity contribution in [2.75, 3.05) is 0 Å². The van der Waals surface area contributed by atoms with Crippen LogP contribution in [0.2, 0.25) is 0 Å². The molecule has 0 N–H and O–H groups in total. The van der Waals surface area contributed by atoms with Gasteiger partial charge in [-0.1, -0.05) is 0 Å². The van der Waals surface area contributed by atoms with Gasteiger partial charge in [-0.25, -0.2) is 0 Å². The predicted octanol–water partition coefficient (Wildman–Crippen LogP) is 2.00. The summed E-state index contributed by atoms with van der Waals surface area (Å²) >= 11 is 11.1. The molecule has 0 aromatic rings. The zero-order valence-electron chi connectivity index (χ0n) is 3.32. The van der Waals surface area contributed by atoms with E-state index in [1.165, 1.54) is 0 Å². The Bertz CT molecular complexity index is 41.5. The molecule has 1 fully saturated rings. The fraction of sp³-hybridized carbons (Fsp3) is 1.00. The van der Waals surface area contributed by atoms with E-state index in [-0.39, 0.29) is 0 Å². The van der Waals surface area contributed by atoms with Crippen molar-refractivity contribution in [1.29, 1.82) is 0 Å². The van der Waals surface area contributed by atoms with E-state index in [1.807, 2.05) is 0 Å². The molecule has 2 heteroatoms. The highest BCUT2D eigenvalue weighted by Crippen LogP contribution is 2.29. The summed E-state index contributed by atoms with van der Waals surface area (Å²) in [7, 11) is 0. The number of hydrogen-bond donors (Lipinski definition) is 0. The molecule has 0 bridgehead atoms. The summed E-state index contributed by atoms with van der Waals surface area (Å²) in [5.74, 6) is 0. The van der Waals surface area contributed by atoms with Crippen LogP contribution in [0.5, 0.6) is 0 Å². The molecule has 1 aliphatic carbocycles. The summed E-state index contributed by atoms with van der Waals surface area (Å²) in [6.45, 7) is 0. The Labute approximate surface area is 47.4 Å². The predicted molar refractivity (Wildman–Crippen MR) is 28.5 cm³/mol. The Morgan fingerprint density at radius 3 is 1.33 bits per heavy atom. The second-order valence-electron chi connectivity index (χ2n) is 1.67. The Balaban J connectivity index is 2.11. The van der Waals surface area contributed by atoms with Crippen LogP contribution >= 0.6 is 23.2 Å². The third-order valence-electron chi connectivity index (χ3n) is 1.02. The second-order valence-corrected chi connectivity index (χ2v) is 2.90. The average Bonchev–Trinajstić information content (AvgIpc) is 1.33. The van der Waals surface area contributed by atoms with E-state index in [9.17, 15) is 0 Å². The van der Waals surface area contributed by atoms with Crippen LogP contribution in [0.4, 0.5) is 0 Å². The molecule has 0 spiro atoms. The highest BCUT2D eigenvalue weighted by atomic mass is 35.5. The van der Waals surface area contributed by atoms with E-state index in [0.29, 0.717) is 10.8 Å². The van der Waals surface area contributed by atoms with E-state index >= 15 is 0 Å². The summed E-state index contributed by atoms with van der Waals surface area (Å²) < 4.78 is 0. The third-order valence-corrected chi connectivity index (χ3v) is 1.74. The Kier molecular flexibility index (Phi) is 1.25. The maximum absolute atomic E-state index is 5.56. The normalized spacial score (nSPS) is 45.0. The molecule has 0 radical (unpaired) electrons. The van der Waals surface area contributed by atoms with Crippen LogP contribution in [0.1, 0.15) is 12.8 Å². The minimum absolute atomic E-state index is 0.382. The van der Waals surface area contributed by atoms with Gasteiger partial charge in [-0.05, 0) is 12.8 Å². The molecule has 0 aromatic heterocycles. The number of halogens is 2. The van der Waals surface area contributed by atoms with Gasteiger partial charge in [0.05, 0.1) is 0 Å². The Hall–Kier alpha value is 0.580. The Morgan fingerprint density at radius 2 is 1.33 bits per heavy atom. The van der Waals surface area contributed by atoms with Crippen molar-refractivity contribution in [2.45, 2.75) is 23.6 Å².